The lowest BCUT2D eigenvalue weighted by atomic mass is 10.2. The molecule has 2 rings (SSSR count). The molecule has 0 N–H and O–H groups in total. The van der Waals surface area contributed by atoms with E-state index >= 15 is 0 Å². The van der Waals surface area contributed by atoms with E-state index in [1.807, 2.05) is 0 Å². The van der Waals surface area contributed by atoms with Crippen molar-refractivity contribution in [1.82, 2.24) is 9.80 Å². The molecule has 0 saturated carbocycles. The Morgan fingerprint density at radius 3 is 2.45 bits per heavy atom. The smallest absolute Gasteiger partial charge is 0.0593 e. The van der Waals surface area contributed by atoms with Crippen LogP contribution >= 0.6 is 0 Å². The van der Waals surface area contributed by atoms with E-state index in [1.165, 1.54) is 5.56 Å². The van der Waals surface area contributed by atoms with Gasteiger partial charge in [0, 0.05) is 45.9 Å². The zero-order valence-electron chi connectivity index (χ0n) is 12.5. The van der Waals surface area contributed by atoms with E-state index in [0.29, 0.717) is 0 Å². The molecule has 1 aromatic carbocycles. The minimum absolute atomic E-state index is 0.824. The molecule has 0 aromatic heterocycles. The Bertz CT molecular complexity index is 383. The molecule has 0 bridgehead atoms. The minimum atomic E-state index is 0.824. The van der Waals surface area contributed by atoms with Gasteiger partial charge in [-0.25, -0.2) is 0 Å². The van der Waals surface area contributed by atoms with Gasteiger partial charge in [-0.1, -0.05) is 42.5 Å². The van der Waals surface area contributed by atoms with E-state index in [-0.39, 0.29) is 0 Å². The standard InChI is InChI=1S/C17H26N2O/c1-2-20-16-15-19-13-11-18(12-14-19)10-6-9-17-7-4-3-5-8-17/h3-9H,2,10-16H2,1H3/b9-6+. The van der Waals surface area contributed by atoms with Crippen LogP contribution in [0.1, 0.15) is 12.5 Å². The lowest BCUT2D eigenvalue weighted by molar-refractivity contribution is 0.0844. The molecule has 1 aliphatic heterocycles. The molecule has 110 valence electrons. The molecular weight excluding hydrogens is 248 g/mol. The summed E-state index contributed by atoms with van der Waals surface area (Å²) in [5.74, 6) is 0. The first kappa shape index (κ1) is 15.2. The molecule has 0 spiro atoms. The maximum absolute atomic E-state index is 5.41. The predicted octanol–water partition coefficient (Wildman–Crippen LogP) is 2.35. The van der Waals surface area contributed by atoms with Gasteiger partial charge in [0.25, 0.3) is 0 Å². The van der Waals surface area contributed by atoms with Gasteiger partial charge in [-0.15, -0.1) is 0 Å². The van der Waals surface area contributed by atoms with Crippen molar-refractivity contribution in [1.29, 1.82) is 0 Å². The van der Waals surface area contributed by atoms with Gasteiger partial charge >= 0.3 is 0 Å². The van der Waals surface area contributed by atoms with Crippen LogP contribution in [0.5, 0.6) is 0 Å². The number of rotatable bonds is 7. The quantitative estimate of drug-likeness (QED) is 0.710. The highest BCUT2D eigenvalue weighted by Crippen LogP contribution is 2.04. The summed E-state index contributed by atoms with van der Waals surface area (Å²) < 4.78 is 5.41. The van der Waals surface area contributed by atoms with E-state index in [4.69, 9.17) is 4.74 Å². The van der Waals surface area contributed by atoms with Crippen LogP contribution in [-0.4, -0.2) is 62.3 Å². The molecule has 0 amide bonds. The van der Waals surface area contributed by atoms with Crippen molar-refractivity contribution in [2.45, 2.75) is 6.92 Å². The summed E-state index contributed by atoms with van der Waals surface area (Å²) in [6.45, 7) is 10.5. The molecule has 20 heavy (non-hydrogen) atoms. The predicted molar refractivity (Wildman–Crippen MR) is 84.8 cm³/mol. The zero-order valence-corrected chi connectivity index (χ0v) is 12.5. The van der Waals surface area contributed by atoms with Crippen LogP contribution in [0.3, 0.4) is 0 Å². The molecule has 0 atom stereocenters. The molecule has 0 aliphatic carbocycles. The van der Waals surface area contributed by atoms with Crippen molar-refractivity contribution in [3.63, 3.8) is 0 Å². The van der Waals surface area contributed by atoms with E-state index in [1.54, 1.807) is 0 Å². The fourth-order valence-corrected chi connectivity index (χ4v) is 2.44. The van der Waals surface area contributed by atoms with Crippen molar-refractivity contribution >= 4 is 6.08 Å². The SMILES string of the molecule is CCOCCN1CCN(C/C=C/c2ccccc2)CC1. The highest BCUT2D eigenvalue weighted by atomic mass is 16.5. The molecule has 1 aromatic rings. The Morgan fingerprint density at radius 2 is 1.75 bits per heavy atom. The normalized spacial score (nSPS) is 17.9. The molecule has 3 nitrogen and oxygen atoms in total. The summed E-state index contributed by atoms with van der Waals surface area (Å²) in [7, 11) is 0. The summed E-state index contributed by atoms with van der Waals surface area (Å²) in [6, 6.07) is 10.5. The first-order valence-electron chi connectivity index (χ1n) is 7.62. The zero-order chi connectivity index (χ0) is 14.0. The summed E-state index contributed by atoms with van der Waals surface area (Å²) in [5, 5.41) is 0. The maximum atomic E-state index is 5.41. The number of hydrogen-bond donors (Lipinski definition) is 0. The minimum Gasteiger partial charge on any atom is -0.380 e. The van der Waals surface area contributed by atoms with E-state index in [9.17, 15) is 0 Å². The van der Waals surface area contributed by atoms with Crippen LogP contribution in [0.15, 0.2) is 36.4 Å². The molecule has 1 fully saturated rings. The fraction of sp³-hybridized carbons (Fsp3) is 0.529. The summed E-state index contributed by atoms with van der Waals surface area (Å²) >= 11 is 0. The van der Waals surface area contributed by atoms with Crippen molar-refractivity contribution in [3.8, 4) is 0 Å². The summed E-state index contributed by atoms with van der Waals surface area (Å²) in [5.41, 5.74) is 1.28. The largest absolute Gasteiger partial charge is 0.380 e. The Balaban J connectivity index is 1.63. The van der Waals surface area contributed by atoms with Gasteiger partial charge in [0.15, 0.2) is 0 Å². The van der Waals surface area contributed by atoms with Crippen LogP contribution in [0.4, 0.5) is 0 Å². The van der Waals surface area contributed by atoms with Crippen LogP contribution in [0.2, 0.25) is 0 Å². The molecule has 1 saturated heterocycles. The van der Waals surface area contributed by atoms with Gasteiger partial charge in [-0.2, -0.15) is 0 Å². The Labute approximate surface area is 122 Å². The van der Waals surface area contributed by atoms with Crippen molar-refractivity contribution < 1.29 is 4.74 Å². The van der Waals surface area contributed by atoms with Gasteiger partial charge in [0.05, 0.1) is 6.61 Å². The molecule has 1 heterocycles. The monoisotopic (exact) mass is 274 g/mol. The topological polar surface area (TPSA) is 15.7 Å². The third-order valence-electron chi connectivity index (χ3n) is 3.69. The van der Waals surface area contributed by atoms with E-state index < -0.39 is 0 Å². The van der Waals surface area contributed by atoms with Crippen LogP contribution in [-0.2, 0) is 4.74 Å². The van der Waals surface area contributed by atoms with Crippen LogP contribution in [0, 0.1) is 0 Å². The average Bonchev–Trinajstić information content (AvgIpc) is 2.50. The number of benzene rings is 1. The lowest BCUT2D eigenvalue weighted by Gasteiger charge is -2.33. The van der Waals surface area contributed by atoms with E-state index in [0.717, 1.165) is 52.5 Å². The second kappa shape index (κ2) is 8.90. The fourth-order valence-electron chi connectivity index (χ4n) is 2.44. The third-order valence-corrected chi connectivity index (χ3v) is 3.69. The summed E-state index contributed by atoms with van der Waals surface area (Å²) in [6.07, 6.45) is 4.48. The molecule has 0 unspecified atom stereocenters. The van der Waals surface area contributed by atoms with Crippen molar-refractivity contribution in [3.05, 3.63) is 42.0 Å². The second-order valence-corrected chi connectivity index (χ2v) is 5.15. The van der Waals surface area contributed by atoms with Gasteiger partial charge in [0.2, 0.25) is 0 Å². The Morgan fingerprint density at radius 1 is 1.05 bits per heavy atom. The number of piperazine rings is 1. The number of nitrogens with zero attached hydrogens (tertiary/aromatic N) is 2. The van der Waals surface area contributed by atoms with Crippen molar-refractivity contribution in [2.24, 2.45) is 0 Å². The van der Waals surface area contributed by atoms with Crippen LogP contribution < -0.4 is 0 Å². The highest BCUT2D eigenvalue weighted by Gasteiger charge is 2.14. The molecule has 3 heteroatoms. The average molecular weight is 274 g/mol. The number of hydrogen-bond acceptors (Lipinski definition) is 3. The van der Waals surface area contributed by atoms with Gasteiger partial charge in [0.1, 0.15) is 0 Å². The highest BCUT2D eigenvalue weighted by molar-refractivity contribution is 5.48. The molecular formula is C17H26N2O. The van der Waals surface area contributed by atoms with E-state index in [2.05, 4.69) is 59.2 Å². The maximum Gasteiger partial charge on any atom is 0.0593 e. The van der Waals surface area contributed by atoms with Gasteiger partial charge in [-0.3, -0.25) is 9.80 Å². The Kier molecular flexibility index (Phi) is 6.78. The summed E-state index contributed by atoms with van der Waals surface area (Å²) in [4.78, 5) is 5.00. The molecule has 1 aliphatic rings. The van der Waals surface area contributed by atoms with Gasteiger partial charge in [-0.05, 0) is 12.5 Å². The van der Waals surface area contributed by atoms with Crippen molar-refractivity contribution in [2.75, 3.05) is 52.5 Å². The molecule has 0 radical (unpaired) electrons. The first-order valence-corrected chi connectivity index (χ1v) is 7.62. The number of ether oxygens (including phenoxy) is 1. The third kappa shape index (κ3) is 5.45. The van der Waals surface area contributed by atoms with Gasteiger partial charge < -0.3 is 4.74 Å². The van der Waals surface area contributed by atoms with Crippen LogP contribution in [0.25, 0.3) is 6.08 Å². The second-order valence-electron chi connectivity index (χ2n) is 5.15. The Hall–Kier alpha value is -1.16. The first-order chi connectivity index (χ1) is 9.88. The lowest BCUT2D eigenvalue weighted by Crippen LogP contribution is -2.47.